The molecule has 7 heteroatoms. The van der Waals surface area contributed by atoms with Gasteiger partial charge in [-0.1, -0.05) is 11.6 Å². The van der Waals surface area contributed by atoms with Crippen LogP contribution < -0.4 is 10.0 Å². The zero-order chi connectivity index (χ0) is 14.5. The average Bonchev–Trinajstić information content (AvgIpc) is 2.31. The first-order valence-corrected chi connectivity index (χ1v) is 7.80. The number of hydrogen-bond donors (Lipinski definition) is 2. The maximum atomic E-state index is 12.1. The minimum atomic E-state index is -3.48. The Hall–Kier alpha value is -0.660. The summed E-state index contributed by atoms with van der Waals surface area (Å²) in [5, 5.41) is 3.51. The van der Waals surface area contributed by atoms with Gasteiger partial charge in [0.2, 0.25) is 10.0 Å². The normalized spacial score (nSPS) is 12.1. The molecular formula is C12H20ClN3O2S. The molecule has 0 aliphatic carbocycles. The molecule has 0 atom stereocenters. The number of rotatable bonds is 7. The average molecular weight is 306 g/mol. The summed E-state index contributed by atoms with van der Waals surface area (Å²) in [4.78, 5) is 2.15. The molecule has 0 amide bonds. The summed E-state index contributed by atoms with van der Waals surface area (Å²) in [6.07, 6.45) is 0. The van der Waals surface area contributed by atoms with E-state index in [4.69, 9.17) is 11.6 Å². The second-order valence-electron chi connectivity index (χ2n) is 4.48. The Kier molecular flexibility index (Phi) is 6.22. The Morgan fingerprint density at radius 2 is 2.00 bits per heavy atom. The predicted octanol–water partition coefficient (Wildman–Crippen LogP) is 0.899. The molecule has 5 nitrogen and oxygen atoms in total. The van der Waals surface area contributed by atoms with E-state index < -0.39 is 10.0 Å². The molecule has 0 heterocycles. The van der Waals surface area contributed by atoms with Crippen LogP contribution in [0.1, 0.15) is 5.56 Å². The van der Waals surface area contributed by atoms with Crippen molar-refractivity contribution in [3.63, 3.8) is 0 Å². The SMILES string of the molecule is CNCc1cc(S(=O)(=O)NCCN(C)C)ccc1Cl. The van der Waals surface area contributed by atoms with Gasteiger partial charge in [-0.3, -0.25) is 0 Å². The van der Waals surface area contributed by atoms with E-state index in [1.165, 1.54) is 6.07 Å². The fourth-order valence-corrected chi connectivity index (χ4v) is 2.79. The Morgan fingerprint density at radius 1 is 1.32 bits per heavy atom. The molecule has 0 fully saturated rings. The number of hydrogen-bond acceptors (Lipinski definition) is 4. The van der Waals surface area contributed by atoms with Crippen LogP contribution in [0.4, 0.5) is 0 Å². The number of likely N-dealkylation sites (N-methyl/N-ethyl adjacent to an activating group) is 1. The third kappa shape index (κ3) is 5.08. The van der Waals surface area contributed by atoms with Gasteiger partial charge in [-0.15, -0.1) is 0 Å². The van der Waals surface area contributed by atoms with Gasteiger partial charge in [0.05, 0.1) is 4.90 Å². The van der Waals surface area contributed by atoms with Crippen LogP contribution in [0.25, 0.3) is 0 Å². The third-order valence-corrected chi connectivity index (χ3v) is 4.37. The molecule has 1 aromatic rings. The van der Waals surface area contributed by atoms with Gasteiger partial charge in [0, 0.05) is 24.7 Å². The Bertz CT molecular complexity index is 518. The van der Waals surface area contributed by atoms with Crippen LogP contribution in [0.15, 0.2) is 23.1 Å². The predicted molar refractivity (Wildman–Crippen MR) is 78.0 cm³/mol. The summed E-state index contributed by atoms with van der Waals surface area (Å²) in [5.41, 5.74) is 0.764. The van der Waals surface area contributed by atoms with Crippen LogP contribution in [0.3, 0.4) is 0 Å². The van der Waals surface area contributed by atoms with Crippen molar-refractivity contribution < 1.29 is 8.42 Å². The fourth-order valence-electron chi connectivity index (χ4n) is 1.53. The van der Waals surface area contributed by atoms with Crippen molar-refractivity contribution in [3.05, 3.63) is 28.8 Å². The lowest BCUT2D eigenvalue weighted by molar-refractivity contribution is 0.412. The van der Waals surface area contributed by atoms with E-state index in [9.17, 15) is 8.42 Å². The highest BCUT2D eigenvalue weighted by Crippen LogP contribution is 2.20. The largest absolute Gasteiger partial charge is 0.316 e. The molecule has 2 N–H and O–H groups in total. The van der Waals surface area contributed by atoms with Gasteiger partial charge in [-0.05, 0) is 44.9 Å². The van der Waals surface area contributed by atoms with Gasteiger partial charge in [-0.25, -0.2) is 13.1 Å². The van der Waals surface area contributed by atoms with Gasteiger partial charge >= 0.3 is 0 Å². The minimum absolute atomic E-state index is 0.237. The summed E-state index contributed by atoms with van der Waals surface area (Å²) in [5.74, 6) is 0. The number of nitrogens with zero attached hydrogens (tertiary/aromatic N) is 1. The number of nitrogens with one attached hydrogen (secondary N) is 2. The third-order valence-electron chi connectivity index (χ3n) is 2.55. The van der Waals surface area contributed by atoms with E-state index in [0.717, 1.165) is 5.56 Å². The van der Waals surface area contributed by atoms with Crippen molar-refractivity contribution in [1.29, 1.82) is 0 Å². The smallest absolute Gasteiger partial charge is 0.240 e. The summed E-state index contributed by atoms with van der Waals surface area (Å²) in [6.45, 7) is 1.55. The Morgan fingerprint density at radius 3 is 2.58 bits per heavy atom. The van der Waals surface area contributed by atoms with E-state index in [1.807, 2.05) is 19.0 Å². The zero-order valence-corrected chi connectivity index (χ0v) is 13.0. The maximum absolute atomic E-state index is 12.1. The van der Waals surface area contributed by atoms with E-state index in [0.29, 0.717) is 24.7 Å². The maximum Gasteiger partial charge on any atom is 0.240 e. The summed E-state index contributed by atoms with van der Waals surface area (Å²) >= 11 is 6.01. The lowest BCUT2D eigenvalue weighted by Gasteiger charge is -2.12. The fraction of sp³-hybridized carbons (Fsp3) is 0.500. The van der Waals surface area contributed by atoms with Crippen LogP contribution in [0, 0.1) is 0 Å². The highest BCUT2D eigenvalue weighted by molar-refractivity contribution is 7.89. The van der Waals surface area contributed by atoms with Gasteiger partial charge in [0.15, 0.2) is 0 Å². The number of sulfonamides is 1. The van der Waals surface area contributed by atoms with E-state index >= 15 is 0 Å². The molecule has 19 heavy (non-hydrogen) atoms. The van der Waals surface area contributed by atoms with Gasteiger partial charge in [0.25, 0.3) is 0 Å². The lowest BCUT2D eigenvalue weighted by atomic mass is 10.2. The molecule has 0 bridgehead atoms. The van der Waals surface area contributed by atoms with Crippen molar-refractivity contribution in [3.8, 4) is 0 Å². The molecule has 0 radical (unpaired) electrons. The van der Waals surface area contributed by atoms with Crippen LogP contribution in [-0.4, -0.2) is 47.6 Å². The van der Waals surface area contributed by atoms with Gasteiger partial charge < -0.3 is 10.2 Å². The summed E-state index contributed by atoms with van der Waals surface area (Å²) < 4.78 is 26.7. The quantitative estimate of drug-likeness (QED) is 0.786. The van der Waals surface area contributed by atoms with Gasteiger partial charge in [-0.2, -0.15) is 0 Å². The second-order valence-corrected chi connectivity index (χ2v) is 6.66. The first-order chi connectivity index (χ1) is 8.86. The first kappa shape index (κ1) is 16.4. The number of halogens is 1. The molecule has 0 spiro atoms. The Labute approximate surface area is 120 Å². The monoisotopic (exact) mass is 305 g/mol. The highest BCUT2D eigenvalue weighted by atomic mass is 35.5. The summed E-state index contributed by atoms with van der Waals surface area (Å²) in [6, 6.07) is 4.71. The first-order valence-electron chi connectivity index (χ1n) is 5.94. The lowest BCUT2D eigenvalue weighted by Crippen LogP contribution is -2.31. The molecule has 0 saturated carbocycles. The van der Waals surface area contributed by atoms with E-state index in [2.05, 4.69) is 10.0 Å². The molecule has 1 aromatic carbocycles. The molecule has 0 unspecified atom stereocenters. The second kappa shape index (κ2) is 7.21. The molecule has 108 valence electrons. The zero-order valence-electron chi connectivity index (χ0n) is 11.4. The van der Waals surface area contributed by atoms with Crippen molar-refractivity contribution in [2.24, 2.45) is 0 Å². The summed E-state index contributed by atoms with van der Waals surface area (Å²) in [7, 11) is 2.09. The molecule has 0 aliphatic rings. The molecule has 0 aromatic heterocycles. The van der Waals surface area contributed by atoms with Crippen LogP contribution in [-0.2, 0) is 16.6 Å². The van der Waals surface area contributed by atoms with Crippen LogP contribution >= 0.6 is 11.6 Å². The Balaban J connectivity index is 2.86. The van der Waals surface area contributed by atoms with Crippen molar-refractivity contribution in [2.75, 3.05) is 34.2 Å². The molecule has 1 rings (SSSR count). The molecule has 0 aliphatic heterocycles. The van der Waals surface area contributed by atoms with Crippen molar-refractivity contribution >= 4 is 21.6 Å². The minimum Gasteiger partial charge on any atom is -0.316 e. The van der Waals surface area contributed by atoms with Crippen LogP contribution in [0.5, 0.6) is 0 Å². The van der Waals surface area contributed by atoms with Gasteiger partial charge in [0.1, 0.15) is 0 Å². The van der Waals surface area contributed by atoms with Crippen LogP contribution in [0.2, 0.25) is 5.02 Å². The van der Waals surface area contributed by atoms with Crippen molar-refractivity contribution in [1.82, 2.24) is 14.9 Å². The highest BCUT2D eigenvalue weighted by Gasteiger charge is 2.15. The molecule has 0 saturated heterocycles. The molecular weight excluding hydrogens is 286 g/mol. The standard InChI is InChI=1S/C12H20ClN3O2S/c1-14-9-10-8-11(4-5-12(10)13)19(17,18)15-6-7-16(2)3/h4-5,8,14-15H,6-7,9H2,1-3H3. The number of benzene rings is 1. The van der Waals surface area contributed by atoms with Crippen molar-refractivity contribution in [2.45, 2.75) is 11.4 Å². The topological polar surface area (TPSA) is 61.4 Å². The van der Waals surface area contributed by atoms with E-state index in [-0.39, 0.29) is 4.90 Å². The van der Waals surface area contributed by atoms with E-state index in [1.54, 1.807) is 19.2 Å².